The summed E-state index contributed by atoms with van der Waals surface area (Å²) in [5.41, 5.74) is 1.25. The number of piperidine rings is 2. The van der Waals surface area contributed by atoms with Gasteiger partial charge in [-0.15, -0.1) is 0 Å². The molecule has 0 unspecified atom stereocenters. The highest BCUT2D eigenvalue weighted by molar-refractivity contribution is 5.81. The Kier molecular flexibility index (Phi) is 5.58. The summed E-state index contributed by atoms with van der Waals surface area (Å²) in [6.07, 6.45) is 9.35. The van der Waals surface area contributed by atoms with Gasteiger partial charge in [0.1, 0.15) is 5.82 Å². The molecule has 4 heteroatoms. The lowest BCUT2D eigenvalue weighted by Gasteiger charge is -2.42. The summed E-state index contributed by atoms with van der Waals surface area (Å²) in [7, 11) is 0. The van der Waals surface area contributed by atoms with Gasteiger partial charge in [0.05, 0.1) is 0 Å². The first-order valence-electron chi connectivity index (χ1n) is 10.5. The first kappa shape index (κ1) is 18.0. The number of aryl methyl sites for hydroxylation is 1. The van der Waals surface area contributed by atoms with E-state index in [0.29, 0.717) is 17.9 Å². The molecule has 0 N–H and O–H groups in total. The van der Waals surface area contributed by atoms with E-state index in [1.165, 1.54) is 37.9 Å². The molecule has 2 aliphatic heterocycles. The molecule has 1 aromatic carbocycles. The summed E-state index contributed by atoms with van der Waals surface area (Å²) < 4.78 is 13.0. The molecule has 1 saturated carbocycles. The average molecular weight is 359 g/mol. The molecule has 1 amide bonds. The zero-order valence-electron chi connectivity index (χ0n) is 15.7. The monoisotopic (exact) mass is 358 g/mol. The van der Waals surface area contributed by atoms with Gasteiger partial charge in [0.15, 0.2) is 0 Å². The van der Waals surface area contributed by atoms with Gasteiger partial charge in [-0.2, -0.15) is 0 Å². The number of amides is 1. The first-order chi connectivity index (χ1) is 12.7. The van der Waals surface area contributed by atoms with Crippen LogP contribution in [0.2, 0.25) is 0 Å². The van der Waals surface area contributed by atoms with Crippen molar-refractivity contribution in [2.45, 2.75) is 57.4 Å². The van der Waals surface area contributed by atoms with E-state index in [2.05, 4.69) is 9.80 Å². The largest absolute Gasteiger partial charge is 0.342 e. The molecule has 0 aromatic heterocycles. The quantitative estimate of drug-likeness (QED) is 0.798. The molecule has 1 aromatic rings. The first-order valence-corrected chi connectivity index (χ1v) is 10.5. The molecule has 2 heterocycles. The summed E-state index contributed by atoms with van der Waals surface area (Å²) >= 11 is 0. The molecule has 142 valence electrons. The fourth-order valence-electron chi connectivity index (χ4n) is 4.73. The van der Waals surface area contributed by atoms with E-state index in [1.807, 2.05) is 12.1 Å². The highest BCUT2D eigenvalue weighted by Crippen LogP contribution is 2.33. The molecule has 3 aliphatic rings. The van der Waals surface area contributed by atoms with Crippen LogP contribution < -0.4 is 0 Å². The second-order valence-electron chi connectivity index (χ2n) is 8.50. The summed E-state index contributed by atoms with van der Waals surface area (Å²) in [4.78, 5) is 17.0. The van der Waals surface area contributed by atoms with Crippen molar-refractivity contribution in [3.05, 3.63) is 35.6 Å². The molecule has 4 rings (SSSR count). The van der Waals surface area contributed by atoms with Crippen molar-refractivity contribution in [2.24, 2.45) is 11.8 Å². The number of likely N-dealkylation sites (tertiary alicyclic amines) is 2. The third-order valence-electron chi connectivity index (χ3n) is 6.52. The minimum Gasteiger partial charge on any atom is -0.342 e. The Labute approximate surface area is 156 Å². The van der Waals surface area contributed by atoms with Gasteiger partial charge in [-0.25, -0.2) is 4.39 Å². The summed E-state index contributed by atoms with van der Waals surface area (Å²) in [6.45, 7) is 4.32. The Hall–Kier alpha value is -1.42. The predicted molar refractivity (Wildman–Crippen MR) is 101 cm³/mol. The second-order valence-corrected chi connectivity index (χ2v) is 8.50. The molecule has 1 aliphatic carbocycles. The Bertz CT molecular complexity index is 605. The standard InChI is InChI=1S/C22H31FN2O/c23-20-9-5-17(6-10-20)3-4-18-2-1-13-25(16-18)21-11-14-24(15-12-21)22(26)19-7-8-19/h5-6,9-10,18-19,21H,1-4,7-8,11-16H2/t18-/m1/s1. The molecule has 26 heavy (non-hydrogen) atoms. The van der Waals surface area contributed by atoms with Crippen LogP contribution >= 0.6 is 0 Å². The van der Waals surface area contributed by atoms with Gasteiger partial charge < -0.3 is 4.90 Å². The molecular weight excluding hydrogens is 327 g/mol. The van der Waals surface area contributed by atoms with Gasteiger partial charge in [0.2, 0.25) is 5.91 Å². The Morgan fingerprint density at radius 3 is 2.42 bits per heavy atom. The lowest BCUT2D eigenvalue weighted by atomic mass is 9.89. The molecule has 0 bridgehead atoms. The van der Waals surface area contributed by atoms with Crippen LogP contribution in [0.15, 0.2) is 24.3 Å². The number of nitrogens with zero attached hydrogens (tertiary/aromatic N) is 2. The van der Waals surface area contributed by atoms with E-state index in [-0.39, 0.29) is 5.82 Å². The SMILES string of the molecule is O=C(C1CC1)N1CCC(N2CCC[C@H](CCc3ccc(F)cc3)C2)CC1. The number of carbonyl (C=O) groups is 1. The van der Waals surface area contributed by atoms with E-state index in [4.69, 9.17) is 0 Å². The summed E-state index contributed by atoms with van der Waals surface area (Å²) in [5.74, 6) is 1.38. The van der Waals surface area contributed by atoms with Crippen molar-refractivity contribution in [1.29, 1.82) is 0 Å². The van der Waals surface area contributed by atoms with Crippen molar-refractivity contribution >= 4 is 5.91 Å². The van der Waals surface area contributed by atoms with Gasteiger partial charge in [-0.05, 0) is 81.5 Å². The summed E-state index contributed by atoms with van der Waals surface area (Å²) in [5, 5.41) is 0. The third kappa shape index (κ3) is 4.46. The van der Waals surface area contributed by atoms with E-state index in [0.717, 1.165) is 51.1 Å². The van der Waals surface area contributed by atoms with E-state index < -0.39 is 0 Å². The second kappa shape index (κ2) is 8.08. The fourth-order valence-corrected chi connectivity index (χ4v) is 4.73. The lowest BCUT2D eigenvalue weighted by molar-refractivity contribution is -0.134. The van der Waals surface area contributed by atoms with Gasteiger partial charge in [-0.1, -0.05) is 12.1 Å². The number of rotatable bonds is 5. The fraction of sp³-hybridized carbons (Fsp3) is 0.682. The van der Waals surface area contributed by atoms with Gasteiger partial charge in [0.25, 0.3) is 0 Å². The van der Waals surface area contributed by atoms with Crippen molar-refractivity contribution in [2.75, 3.05) is 26.2 Å². The molecule has 0 spiro atoms. The minimum absolute atomic E-state index is 0.149. The van der Waals surface area contributed by atoms with E-state index >= 15 is 0 Å². The van der Waals surface area contributed by atoms with Gasteiger partial charge in [0, 0.05) is 31.6 Å². The maximum absolute atomic E-state index is 13.0. The van der Waals surface area contributed by atoms with Crippen molar-refractivity contribution < 1.29 is 9.18 Å². The lowest BCUT2D eigenvalue weighted by Crippen LogP contribution is -2.50. The van der Waals surface area contributed by atoms with E-state index in [1.54, 1.807) is 12.1 Å². The Morgan fingerprint density at radius 2 is 1.73 bits per heavy atom. The molecule has 1 atom stereocenters. The molecule has 3 fully saturated rings. The number of halogens is 1. The van der Waals surface area contributed by atoms with Crippen LogP contribution in [0.4, 0.5) is 4.39 Å². The number of carbonyl (C=O) groups excluding carboxylic acids is 1. The number of hydrogen-bond donors (Lipinski definition) is 0. The van der Waals surface area contributed by atoms with Crippen LogP contribution in [-0.2, 0) is 11.2 Å². The third-order valence-corrected chi connectivity index (χ3v) is 6.52. The van der Waals surface area contributed by atoms with Gasteiger partial charge >= 0.3 is 0 Å². The van der Waals surface area contributed by atoms with Crippen LogP contribution in [0, 0.1) is 17.7 Å². The van der Waals surface area contributed by atoms with E-state index in [9.17, 15) is 9.18 Å². The number of hydrogen-bond acceptors (Lipinski definition) is 2. The summed E-state index contributed by atoms with van der Waals surface area (Å²) in [6, 6.07) is 7.63. The van der Waals surface area contributed by atoms with Crippen molar-refractivity contribution in [1.82, 2.24) is 9.80 Å². The predicted octanol–water partition coefficient (Wildman–Crippen LogP) is 3.87. The topological polar surface area (TPSA) is 23.6 Å². The van der Waals surface area contributed by atoms with Crippen LogP contribution in [0.5, 0.6) is 0 Å². The maximum atomic E-state index is 13.0. The zero-order valence-corrected chi connectivity index (χ0v) is 15.7. The van der Waals surface area contributed by atoms with Crippen LogP contribution in [0.25, 0.3) is 0 Å². The molecule has 2 saturated heterocycles. The maximum Gasteiger partial charge on any atom is 0.225 e. The smallest absolute Gasteiger partial charge is 0.225 e. The minimum atomic E-state index is -0.149. The van der Waals surface area contributed by atoms with Crippen LogP contribution in [0.1, 0.15) is 50.5 Å². The zero-order chi connectivity index (χ0) is 17.9. The highest BCUT2D eigenvalue weighted by atomic mass is 19.1. The van der Waals surface area contributed by atoms with Crippen molar-refractivity contribution in [3.8, 4) is 0 Å². The van der Waals surface area contributed by atoms with Crippen LogP contribution in [0.3, 0.4) is 0 Å². The molecule has 0 radical (unpaired) electrons. The molecular formula is C22H31FN2O. The Balaban J connectivity index is 1.23. The average Bonchev–Trinajstić information content (AvgIpc) is 3.53. The van der Waals surface area contributed by atoms with Crippen LogP contribution in [-0.4, -0.2) is 47.9 Å². The molecule has 3 nitrogen and oxygen atoms in total. The number of benzene rings is 1. The highest BCUT2D eigenvalue weighted by Gasteiger charge is 2.36. The normalized spacial score (nSPS) is 25.4. The van der Waals surface area contributed by atoms with Gasteiger partial charge in [-0.3, -0.25) is 9.69 Å². The van der Waals surface area contributed by atoms with Crippen molar-refractivity contribution in [3.63, 3.8) is 0 Å². The Morgan fingerprint density at radius 1 is 1.00 bits per heavy atom.